The first-order valence-corrected chi connectivity index (χ1v) is 4.91. The Kier molecular flexibility index (Phi) is 2.70. The molecule has 0 aliphatic heterocycles. The van der Waals surface area contributed by atoms with Crippen molar-refractivity contribution in [3.63, 3.8) is 0 Å². The molecule has 0 radical (unpaired) electrons. The Morgan fingerprint density at radius 2 is 2.47 bits per heavy atom. The first-order valence-electron chi connectivity index (χ1n) is 4.53. The first-order chi connectivity index (χ1) is 7.22. The SMILES string of the molecule is NC(C=O)Cc1c[nH]c2nccc(Cl)c12. The molecule has 0 bridgehead atoms. The molecular weight excluding hydrogens is 214 g/mol. The zero-order valence-corrected chi connectivity index (χ0v) is 8.66. The number of rotatable bonds is 3. The lowest BCUT2D eigenvalue weighted by Crippen LogP contribution is -2.23. The van der Waals surface area contributed by atoms with Crippen LogP contribution in [-0.2, 0) is 11.2 Å². The third kappa shape index (κ3) is 1.86. The Hall–Kier alpha value is -1.39. The molecule has 1 atom stereocenters. The van der Waals surface area contributed by atoms with Gasteiger partial charge in [-0.2, -0.15) is 0 Å². The van der Waals surface area contributed by atoms with Crippen LogP contribution in [0.5, 0.6) is 0 Å². The van der Waals surface area contributed by atoms with Crippen LogP contribution >= 0.6 is 11.6 Å². The van der Waals surface area contributed by atoms with Gasteiger partial charge in [0.25, 0.3) is 0 Å². The number of carbonyl (C=O) groups excluding carboxylic acids is 1. The van der Waals surface area contributed by atoms with Crippen LogP contribution in [0, 0.1) is 0 Å². The predicted octanol–water partition coefficient (Wildman–Crippen LogP) is 1.28. The van der Waals surface area contributed by atoms with Gasteiger partial charge in [0.1, 0.15) is 11.9 Å². The summed E-state index contributed by atoms with van der Waals surface area (Å²) in [6, 6.07) is 1.22. The Morgan fingerprint density at radius 3 is 3.20 bits per heavy atom. The zero-order valence-electron chi connectivity index (χ0n) is 7.90. The fourth-order valence-electron chi connectivity index (χ4n) is 1.54. The van der Waals surface area contributed by atoms with Crippen LogP contribution in [0.25, 0.3) is 11.0 Å². The number of hydrogen-bond donors (Lipinski definition) is 2. The summed E-state index contributed by atoms with van der Waals surface area (Å²) in [5.41, 5.74) is 7.20. The lowest BCUT2D eigenvalue weighted by atomic mass is 10.1. The molecule has 0 aromatic carbocycles. The number of aromatic nitrogens is 2. The van der Waals surface area contributed by atoms with Gasteiger partial charge in [-0.3, -0.25) is 0 Å². The molecule has 78 valence electrons. The van der Waals surface area contributed by atoms with Gasteiger partial charge >= 0.3 is 0 Å². The quantitative estimate of drug-likeness (QED) is 0.771. The second kappa shape index (κ2) is 4.00. The van der Waals surface area contributed by atoms with Gasteiger partial charge in [0.2, 0.25) is 0 Å². The fourth-order valence-corrected chi connectivity index (χ4v) is 1.81. The van der Waals surface area contributed by atoms with Gasteiger partial charge in [0.05, 0.1) is 11.1 Å². The molecule has 0 spiro atoms. The molecule has 0 aliphatic carbocycles. The van der Waals surface area contributed by atoms with Gasteiger partial charge in [-0.15, -0.1) is 0 Å². The van der Waals surface area contributed by atoms with Crippen molar-refractivity contribution in [1.82, 2.24) is 9.97 Å². The summed E-state index contributed by atoms with van der Waals surface area (Å²) < 4.78 is 0. The van der Waals surface area contributed by atoms with E-state index in [0.717, 1.165) is 22.9 Å². The standard InChI is InChI=1S/C10H10ClN3O/c11-8-1-2-13-10-9(8)6(4-14-10)3-7(12)5-15/h1-2,4-5,7H,3,12H2,(H,13,14). The third-order valence-electron chi connectivity index (χ3n) is 2.23. The number of H-pyrrole nitrogens is 1. The van der Waals surface area contributed by atoms with Crippen LogP contribution in [0.2, 0.25) is 5.02 Å². The lowest BCUT2D eigenvalue weighted by Gasteiger charge is -2.02. The van der Waals surface area contributed by atoms with Crippen LogP contribution < -0.4 is 5.73 Å². The van der Waals surface area contributed by atoms with Gasteiger partial charge in [-0.25, -0.2) is 4.98 Å². The van der Waals surface area contributed by atoms with Crippen molar-refractivity contribution in [2.24, 2.45) is 5.73 Å². The normalized spacial score (nSPS) is 12.9. The number of pyridine rings is 1. The van der Waals surface area contributed by atoms with Crippen molar-refractivity contribution in [2.45, 2.75) is 12.5 Å². The molecule has 0 saturated carbocycles. The molecule has 2 aromatic rings. The third-order valence-corrected chi connectivity index (χ3v) is 2.55. The number of nitrogens with zero attached hydrogens (tertiary/aromatic N) is 1. The van der Waals surface area contributed by atoms with Gasteiger partial charge < -0.3 is 15.5 Å². The first kappa shape index (κ1) is 10.1. The number of carbonyl (C=O) groups is 1. The van der Waals surface area contributed by atoms with E-state index in [1.165, 1.54) is 0 Å². The van der Waals surface area contributed by atoms with Crippen molar-refractivity contribution in [3.8, 4) is 0 Å². The minimum absolute atomic E-state index is 0.467. The molecule has 5 heteroatoms. The highest BCUT2D eigenvalue weighted by Gasteiger charge is 2.11. The van der Waals surface area contributed by atoms with Gasteiger partial charge in [-0.1, -0.05) is 11.6 Å². The van der Waals surface area contributed by atoms with Gasteiger partial charge in [0, 0.05) is 17.8 Å². The Balaban J connectivity index is 2.48. The molecule has 15 heavy (non-hydrogen) atoms. The number of aromatic amines is 1. The van der Waals surface area contributed by atoms with Crippen molar-refractivity contribution in [2.75, 3.05) is 0 Å². The maximum Gasteiger partial charge on any atom is 0.139 e. The van der Waals surface area contributed by atoms with E-state index in [-0.39, 0.29) is 0 Å². The molecule has 0 aliphatic rings. The van der Waals surface area contributed by atoms with Gasteiger partial charge in [0.15, 0.2) is 0 Å². The molecule has 2 heterocycles. The summed E-state index contributed by atoms with van der Waals surface area (Å²) in [5.74, 6) is 0. The van der Waals surface area contributed by atoms with E-state index in [4.69, 9.17) is 17.3 Å². The van der Waals surface area contributed by atoms with Crippen molar-refractivity contribution in [3.05, 3.63) is 29.0 Å². The van der Waals surface area contributed by atoms with Crippen molar-refractivity contribution in [1.29, 1.82) is 0 Å². The number of halogens is 1. The van der Waals surface area contributed by atoms with Crippen LogP contribution in [0.3, 0.4) is 0 Å². The summed E-state index contributed by atoms with van der Waals surface area (Å²) in [5, 5.41) is 1.46. The smallest absolute Gasteiger partial charge is 0.139 e. The van der Waals surface area contributed by atoms with Crippen LogP contribution in [0.15, 0.2) is 18.5 Å². The van der Waals surface area contributed by atoms with Crippen molar-refractivity contribution >= 4 is 28.9 Å². The van der Waals surface area contributed by atoms with E-state index in [1.807, 2.05) is 0 Å². The van der Waals surface area contributed by atoms with Crippen LogP contribution in [0.1, 0.15) is 5.56 Å². The molecule has 4 nitrogen and oxygen atoms in total. The summed E-state index contributed by atoms with van der Waals surface area (Å²) >= 11 is 6.04. The zero-order chi connectivity index (χ0) is 10.8. The molecule has 0 fully saturated rings. The van der Waals surface area contributed by atoms with Crippen LogP contribution in [-0.4, -0.2) is 22.3 Å². The second-order valence-corrected chi connectivity index (χ2v) is 3.74. The highest BCUT2D eigenvalue weighted by molar-refractivity contribution is 6.35. The highest BCUT2D eigenvalue weighted by atomic mass is 35.5. The number of aldehydes is 1. The van der Waals surface area contributed by atoms with E-state index >= 15 is 0 Å². The highest BCUT2D eigenvalue weighted by Crippen LogP contribution is 2.25. The molecule has 0 saturated heterocycles. The minimum atomic E-state index is -0.500. The minimum Gasteiger partial charge on any atom is -0.346 e. The molecule has 1 unspecified atom stereocenters. The van der Waals surface area contributed by atoms with Crippen LogP contribution in [0.4, 0.5) is 0 Å². The maximum atomic E-state index is 10.5. The number of fused-ring (bicyclic) bond motifs is 1. The molecule has 3 N–H and O–H groups in total. The maximum absolute atomic E-state index is 10.5. The summed E-state index contributed by atoms with van der Waals surface area (Å²) in [7, 11) is 0. The summed E-state index contributed by atoms with van der Waals surface area (Å²) in [4.78, 5) is 17.6. The number of nitrogens with two attached hydrogens (primary N) is 1. The van der Waals surface area contributed by atoms with Gasteiger partial charge in [-0.05, 0) is 18.1 Å². The molecular formula is C10H10ClN3O. The second-order valence-electron chi connectivity index (χ2n) is 3.33. The van der Waals surface area contributed by atoms with E-state index in [2.05, 4.69) is 9.97 Å². The van der Waals surface area contributed by atoms with E-state index in [1.54, 1.807) is 18.5 Å². The Labute approximate surface area is 91.4 Å². The fraction of sp³-hybridized carbons (Fsp3) is 0.200. The van der Waals surface area contributed by atoms with E-state index < -0.39 is 6.04 Å². The Bertz CT molecular complexity index is 494. The molecule has 0 amide bonds. The molecule has 2 rings (SSSR count). The van der Waals surface area contributed by atoms with E-state index in [9.17, 15) is 4.79 Å². The predicted molar refractivity (Wildman–Crippen MR) is 58.8 cm³/mol. The monoisotopic (exact) mass is 223 g/mol. The molecule has 2 aromatic heterocycles. The summed E-state index contributed by atoms with van der Waals surface area (Å²) in [6.45, 7) is 0. The lowest BCUT2D eigenvalue weighted by molar-refractivity contribution is -0.108. The Morgan fingerprint density at radius 1 is 1.67 bits per heavy atom. The van der Waals surface area contributed by atoms with E-state index in [0.29, 0.717) is 11.4 Å². The van der Waals surface area contributed by atoms with Crippen molar-refractivity contribution < 1.29 is 4.79 Å². The average molecular weight is 224 g/mol. The number of hydrogen-bond acceptors (Lipinski definition) is 3. The topological polar surface area (TPSA) is 71.8 Å². The summed E-state index contributed by atoms with van der Waals surface area (Å²) in [6.07, 6.45) is 4.61. The number of nitrogens with one attached hydrogen (secondary N) is 1. The average Bonchev–Trinajstić information content (AvgIpc) is 2.63. The largest absolute Gasteiger partial charge is 0.346 e.